The molecule has 368 valence electrons. The lowest BCUT2D eigenvalue weighted by Gasteiger charge is -2.48. The number of carbonyl (C=O) groups excluding carboxylic acids is 2. The Morgan fingerprint density at radius 3 is 2.17 bits per heavy atom. The van der Waals surface area contributed by atoms with Crippen molar-refractivity contribution < 1.29 is 76.7 Å². The van der Waals surface area contributed by atoms with Crippen LogP contribution in [0.25, 0.3) is 0 Å². The molecule has 2 amide bonds. The van der Waals surface area contributed by atoms with Crippen LogP contribution in [0.1, 0.15) is 100 Å². The highest BCUT2D eigenvalue weighted by Gasteiger charge is 2.53. The van der Waals surface area contributed by atoms with Crippen molar-refractivity contribution in [3.8, 4) is 0 Å². The Balaban J connectivity index is 1.88. The third-order valence-electron chi connectivity index (χ3n) is 13.6. The molecule has 3 saturated heterocycles. The van der Waals surface area contributed by atoms with Gasteiger partial charge in [-0.15, -0.1) is 0 Å². The molecule has 0 bridgehead atoms. The van der Waals surface area contributed by atoms with E-state index in [9.17, 15) is 48.3 Å². The molecule has 3 heterocycles. The van der Waals surface area contributed by atoms with Gasteiger partial charge in [0.25, 0.3) is 0 Å². The van der Waals surface area contributed by atoms with Crippen molar-refractivity contribution in [2.75, 3.05) is 33.1 Å². The fraction of sp³-hybridized carbons (Fsp3) is 0.822. The molecule has 3 aliphatic heterocycles. The van der Waals surface area contributed by atoms with Crippen LogP contribution in [0.4, 0.5) is 23.7 Å². The largest absolute Gasteiger partial charge is 0.459 e. The lowest BCUT2D eigenvalue weighted by molar-refractivity contribution is -0.318. The number of methoxy groups -OCH3 is 1. The Bertz CT molecular complexity index is 1710. The van der Waals surface area contributed by atoms with E-state index in [4.69, 9.17) is 28.4 Å². The summed E-state index contributed by atoms with van der Waals surface area (Å²) < 4.78 is 79.7. The van der Waals surface area contributed by atoms with Crippen molar-refractivity contribution in [3.05, 3.63) is 29.8 Å². The molecule has 19 heteroatoms. The third kappa shape index (κ3) is 12.1. The smallest absolute Gasteiger partial charge is 0.418 e. The molecule has 0 aromatic heterocycles. The van der Waals surface area contributed by atoms with Crippen LogP contribution in [0.15, 0.2) is 24.3 Å². The van der Waals surface area contributed by atoms with Gasteiger partial charge in [0.05, 0.1) is 58.8 Å². The summed E-state index contributed by atoms with van der Waals surface area (Å²) in [7, 11) is 5.06. The third-order valence-corrected chi connectivity index (χ3v) is 13.6. The quantitative estimate of drug-likeness (QED) is 0.198. The number of ether oxygens (including phenoxy) is 6. The maximum Gasteiger partial charge on any atom is 0.418 e. The zero-order valence-corrected chi connectivity index (χ0v) is 39.5. The molecule has 3 fully saturated rings. The molecule has 18 atom stereocenters. The summed E-state index contributed by atoms with van der Waals surface area (Å²) in [5.74, 6) is -3.74. The standard InChI is InChI=1S/C45H74F3N3O13/c1-14-32-44(10,58)36(53)27(6)51(41(56)49-30-18-16-15-17-29(30)45(46,47)48)22-23(2)20-42(8,57)38(64-40-34(52)31(50(11)12)19-24(3)60-40)25(4)35(26(5)39(55)62-32)63-33-21-43(9,59-13)37(54)28(7)61-33/h15-18,23-28,31-38,40,52-54,57-58H,14,19-22H2,1-13H3,(H,49,56)/t23-,24-,25+,26-,27-,28+,31-,32-,33+,34-,35+,36-,37+,38-,40+,42-,43-,44-/m1/s1. The SMILES string of the molecule is CC[C@H]1OC(=O)[C@H](C)[C@@H](O[C@H]2C[C@@](C)(OC)[C@@H](O)[C@H](C)O2)[C@H](C)[C@@H](O[C@@H]2O[C@H](C)C[C@@H](N(C)C)[C@H]2O)[C@](C)(O)C[C@@H](C)CN(C(=O)Nc2ccccc2C(F)(F)F)[C@H](C)[C@@H](O)[C@]1(C)O. The molecule has 4 rings (SSSR count). The van der Waals surface area contributed by atoms with Crippen LogP contribution in [0.2, 0.25) is 0 Å². The van der Waals surface area contributed by atoms with Gasteiger partial charge in [-0.3, -0.25) is 4.79 Å². The number of aliphatic hydroxyl groups excluding tert-OH is 3. The zero-order chi connectivity index (χ0) is 48.4. The van der Waals surface area contributed by atoms with Gasteiger partial charge in [-0.2, -0.15) is 13.2 Å². The summed E-state index contributed by atoms with van der Waals surface area (Å²) >= 11 is 0. The number of anilines is 1. The number of urea groups is 1. The molecule has 0 spiro atoms. The van der Waals surface area contributed by atoms with E-state index in [1.165, 1.54) is 46.9 Å². The number of nitrogens with zero attached hydrogens (tertiary/aromatic N) is 2. The number of rotatable bonds is 8. The highest BCUT2D eigenvalue weighted by Crippen LogP contribution is 2.41. The number of hydrogen-bond acceptors (Lipinski definition) is 14. The summed E-state index contributed by atoms with van der Waals surface area (Å²) in [6.07, 6.45) is -16.0. The van der Waals surface area contributed by atoms with E-state index in [1.807, 2.05) is 25.9 Å². The van der Waals surface area contributed by atoms with E-state index in [-0.39, 0.29) is 31.9 Å². The predicted molar refractivity (Wildman–Crippen MR) is 229 cm³/mol. The second kappa shape index (κ2) is 21.1. The lowest BCUT2D eigenvalue weighted by atomic mass is 9.77. The van der Waals surface area contributed by atoms with Gasteiger partial charge in [0, 0.05) is 32.0 Å². The molecular weight excluding hydrogens is 847 g/mol. The van der Waals surface area contributed by atoms with Gasteiger partial charge in [-0.05, 0) is 99.9 Å². The van der Waals surface area contributed by atoms with Crippen molar-refractivity contribution in [1.82, 2.24) is 9.80 Å². The average molecular weight is 922 g/mol. The number of aliphatic hydroxyl groups is 5. The summed E-state index contributed by atoms with van der Waals surface area (Å²) in [6, 6.07) is 1.65. The summed E-state index contributed by atoms with van der Waals surface area (Å²) in [5.41, 5.74) is -6.91. The summed E-state index contributed by atoms with van der Waals surface area (Å²) in [6.45, 7) is 15.6. The summed E-state index contributed by atoms with van der Waals surface area (Å²) in [5, 5.41) is 61.8. The van der Waals surface area contributed by atoms with Gasteiger partial charge in [0.1, 0.15) is 30.0 Å². The maximum absolute atomic E-state index is 14.5. The zero-order valence-electron chi connectivity index (χ0n) is 39.5. The van der Waals surface area contributed by atoms with Gasteiger partial charge < -0.3 is 69.1 Å². The predicted octanol–water partition coefficient (Wildman–Crippen LogP) is 4.52. The Labute approximate surface area is 375 Å². The van der Waals surface area contributed by atoms with Crippen LogP contribution in [0, 0.1) is 17.8 Å². The van der Waals surface area contributed by atoms with Crippen LogP contribution in [0.3, 0.4) is 0 Å². The average Bonchev–Trinajstić information content (AvgIpc) is 3.20. The Morgan fingerprint density at radius 2 is 1.59 bits per heavy atom. The van der Waals surface area contributed by atoms with E-state index < -0.39 is 131 Å². The van der Waals surface area contributed by atoms with Crippen molar-refractivity contribution in [2.24, 2.45) is 17.8 Å². The number of alkyl halides is 3. The number of carbonyl (C=O) groups is 2. The van der Waals surface area contributed by atoms with Crippen molar-refractivity contribution in [3.63, 3.8) is 0 Å². The number of amides is 2. The monoisotopic (exact) mass is 922 g/mol. The molecule has 16 nitrogen and oxygen atoms in total. The van der Waals surface area contributed by atoms with Gasteiger partial charge in [-0.25, -0.2) is 4.79 Å². The molecular formula is C45H74F3N3O13. The fourth-order valence-electron chi connectivity index (χ4n) is 9.80. The molecule has 0 unspecified atom stereocenters. The Morgan fingerprint density at radius 1 is 0.969 bits per heavy atom. The minimum atomic E-state index is -4.82. The molecule has 0 saturated carbocycles. The molecule has 1 aromatic carbocycles. The number of para-hydroxylation sites is 1. The van der Waals surface area contributed by atoms with Crippen molar-refractivity contribution in [2.45, 2.75) is 191 Å². The fourth-order valence-corrected chi connectivity index (χ4v) is 9.80. The van der Waals surface area contributed by atoms with Gasteiger partial charge in [0.15, 0.2) is 12.6 Å². The first-order valence-corrected chi connectivity index (χ1v) is 22.3. The highest BCUT2D eigenvalue weighted by molar-refractivity contribution is 5.90. The minimum Gasteiger partial charge on any atom is -0.459 e. The Hall–Kier alpha value is -2.69. The van der Waals surface area contributed by atoms with Crippen LogP contribution in [-0.4, -0.2) is 165 Å². The normalized spacial score (nSPS) is 42.4. The van der Waals surface area contributed by atoms with E-state index >= 15 is 0 Å². The molecule has 64 heavy (non-hydrogen) atoms. The van der Waals surface area contributed by atoms with E-state index in [0.29, 0.717) is 6.42 Å². The minimum absolute atomic E-state index is 0.0201. The number of likely N-dealkylation sites (N-methyl/N-ethyl adjacent to an activating group) is 1. The van der Waals surface area contributed by atoms with E-state index in [2.05, 4.69) is 5.32 Å². The van der Waals surface area contributed by atoms with Crippen LogP contribution >= 0.6 is 0 Å². The number of hydrogen-bond donors (Lipinski definition) is 6. The van der Waals surface area contributed by atoms with E-state index in [0.717, 1.165) is 17.0 Å². The first-order chi connectivity index (χ1) is 29.5. The first kappa shape index (κ1) is 53.9. The second-order valence-electron chi connectivity index (χ2n) is 19.4. The van der Waals surface area contributed by atoms with Gasteiger partial charge in [-0.1, -0.05) is 32.9 Å². The van der Waals surface area contributed by atoms with Gasteiger partial charge >= 0.3 is 18.2 Å². The van der Waals surface area contributed by atoms with Crippen molar-refractivity contribution >= 4 is 17.7 Å². The molecule has 1 aromatic rings. The van der Waals surface area contributed by atoms with Crippen LogP contribution < -0.4 is 5.32 Å². The van der Waals surface area contributed by atoms with Crippen molar-refractivity contribution in [1.29, 1.82) is 0 Å². The molecule has 6 N–H and O–H groups in total. The number of halogens is 3. The van der Waals surface area contributed by atoms with E-state index in [1.54, 1.807) is 34.6 Å². The van der Waals surface area contributed by atoms with Gasteiger partial charge in [0.2, 0.25) is 0 Å². The number of nitrogens with one attached hydrogen (secondary N) is 1. The lowest BCUT2D eigenvalue weighted by Crippen LogP contribution is -2.61. The van der Waals surface area contributed by atoms with Crippen LogP contribution in [-0.2, 0) is 39.4 Å². The number of esters is 1. The molecule has 0 aliphatic carbocycles. The number of cyclic esters (lactones) is 1. The van der Waals surface area contributed by atoms with Crippen LogP contribution in [0.5, 0.6) is 0 Å². The Kier molecular flexibility index (Phi) is 17.8. The molecule has 3 aliphatic rings. The number of benzene rings is 1. The summed E-state index contributed by atoms with van der Waals surface area (Å²) in [4.78, 5) is 31.6. The highest BCUT2D eigenvalue weighted by atomic mass is 19.4. The second-order valence-corrected chi connectivity index (χ2v) is 19.4. The molecule has 0 radical (unpaired) electrons. The maximum atomic E-state index is 14.5. The first-order valence-electron chi connectivity index (χ1n) is 22.3. The topological polar surface area (TPSA) is 209 Å².